The Hall–Kier alpha value is -2.48. The van der Waals surface area contributed by atoms with Crippen molar-refractivity contribution in [3.63, 3.8) is 0 Å². The molecule has 2 aromatic rings. The van der Waals surface area contributed by atoms with Gasteiger partial charge in [-0.05, 0) is 6.07 Å². The van der Waals surface area contributed by atoms with Gasteiger partial charge >= 0.3 is 0 Å². The Morgan fingerprint density at radius 3 is 3.00 bits per heavy atom. The molecule has 0 bridgehead atoms. The zero-order valence-electron chi connectivity index (χ0n) is 10.1. The number of benzene rings is 1. The molecule has 0 aliphatic heterocycles. The van der Waals surface area contributed by atoms with Crippen LogP contribution >= 0.6 is 0 Å². The van der Waals surface area contributed by atoms with Crippen molar-refractivity contribution in [2.75, 3.05) is 11.9 Å². The fraction of sp³-hybridized carbons (Fsp3) is 0.231. The van der Waals surface area contributed by atoms with E-state index in [2.05, 4.69) is 10.4 Å². The normalized spacial score (nSPS) is 9.78. The summed E-state index contributed by atoms with van der Waals surface area (Å²) in [5, 5.41) is 15.9. The van der Waals surface area contributed by atoms with Crippen LogP contribution in [-0.2, 0) is 13.6 Å². The fourth-order valence-electron chi connectivity index (χ4n) is 1.61. The maximum Gasteiger partial charge on any atom is 0.174 e. The number of anilines is 1. The molecular weight excluding hydrogens is 228 g/mol. The third kappa shape index (κ3) is 3.01. The lowest BCUT2D eigenvalue weighted by Gasteiger charge is -2.09. The van der Waals surface area contributed by atoms with Gasteiger partial charge in [0.25, 0.3) is 0 Å². The largest absolute Gasteiger partial charge is 0.478 e. The lowest BCUT2D eigenvalue weighted by atomic mass is 10.2. The first-order chi connectivity index (χ1) is 8.79. The van der Waals surface area contributed by atoms with E-state index in [1.54, 1.807) is 10.9 Å². The van der Waals surface area contributed by atoms with Gasteiger partial charge in [-0.2, -0.15) is 10.4 Å². The summed E-state index contributed by atoms with van der Waals surface area (Å²) in [7, 11) is 1.87. The highest BCUT2D eigenvalue weighted by Gasteiger charge is 2.03. The Kier molecular flexibility index (Phi) is 3.82. The van der Waals surface area contributed by atoms with Gasteiger partial charge in [-0.1, -0.05) is 18.2 Å². The smallest absolute Gasteiger partial charge is 0.174 e. The van der Waals surface area contributed by atoms with Crippen LogP contribution in [0.2, 0.25) is 0 Å². The quantitative estimate of drug-likeness (QED) is 0.870. The molecule has 0 unspecified atom stereocenters. The number of para-hydroxylation sites is 1. The zero-order valence-corrected chi connectivity index (χ0v) is 10.1. The molecule has 92 valence electrons. The summed E-state index contributed by atoms with van der Waals surface area (Å²) in [5.41, 5.74) is 1.96. The molecule has 0 spiro atoms. The van der Waals surface area contributed by atoms with E-state index in [9.17, 15) is 0 Å². The van der Waals surface area contributed by atoms with Gasteiger partial charge in [-0.15, -0.1) is 0 Å². The Labute approximate surface area is 106 Å². The van der Waals surface area contributed by atoms with Gasteiger partial charge in [0, 0.05) is 25.4 Å². The molecule has 0 amide bonds. The van der Waals surface area contributed by atoms with Crippen molar-refractivity contribution >= 4 is 5.69 Å². The Morgan fingerprint density at radius 2 is 2.28 bits per heavy atom. The summed E-state index contributed by atoms with van der Waals surface area (Å²) >= 11 is 0. The van der Waals surface area contributed by atoms with Crippen LogP contribution in [0.4, 0.5) is 5.69 Å². The molecular formula is C13H14N4O. The van der Waals surface area contributed by atoms with Gasteiger partial charge in [-0.25, -0.2) is 0 Å². The van der Waals surface area contributed by atoms with E-state index >= 15 is 0 Å². The summed E-state index contributed by atoms with van der Waals surface area (Å²) in [5.74, 6) is 0.732. The highest BCUT2D eigenvalue weighted by molar-refractivity contribution is 5.42. The minimum Gasteiger partial charge on any atom is -0.478 e. The molecule has 1 aromatic carbocycles. The molecule has 0 aliphatic carbocycles. The molecule has 18 heavy (non-hydrogen) atoms. The van der Waals surface area contributed by atoms with Crippen LogP contribution in [0.15, 0.2) is 36.7 Å². The van der Waals surface area contributed by atoms with Gasteiger partial charge < -0.3 is 10.1 Å². The maximum absolute atomic E-state index is 8.53. The van der Waals surface area contributed by atoms with Crippen molar-refractivity contribution in [1.82, 2.24) is 9.78 Å². The van der Waals surface area contributed by atoms with Gasteiger partial charge in [0.15, 0.2) is 6.61 Å². The number of aromatic nitrogens is 2. The topological polar surface area (TPSA) is 62.9 Å². The van der Waals surface area contributed by atoms with E-state index in [4.69, 9.17) is 10.00 Å². The standard InChI is InChI=1S/C13H14N4O/c1-17-10-12(9-16-17)15-8-11-4-2-3-5-13(11)18-7-6-14/h2-5,9-10,15H,7-8H2,1H3. The average Bonchev–Trinajstić information content (AvgIpc) is 2.81. The number of ether oxygens (including phenoxy) is 1. The predicted molar refractivity (Wildman–Crippen MR) is 68.1 cm³/mol. The van der Waals surface area contributed by atoms with E-state index in [-0.39, 0.29) is 6.61 Å². The summed E-state index contributed by atoms with van der Waals surface area (Å²) in [6.07, 6.45) is 3.66. The minimum absolute atomic E-state index is 0.0594. The lowest BCUT2D eigenvalue weighted by molar-refractivity contribution is 0.364. The molecule has 0 fully saturated rings. The third-order valence-electron chi connectivity index (χ3n) is 2.45. The third-order valence-corrected chi connectivity index (χ3v) is 2.45. The molecule has 5 nitrogen and oxygen atoms in total. The van der Waals surface area contributed by atoms with Gasteiger partial charge in [0.2, 0.25) is 0 Å². The van der Waals surface area contributed by atoms with Gasteiger partial charge in [0.1, 0.15) is 11.8 Å². The molecule has 1 N–H and O–H groups in total. The molecule has 0 saturated carbocycles. The molecule has 0 atom stereocenters. The first-order valence-corrected chi connectivity index (χ1v) is 5.60. The number of hydrogen-bond donors (Lipinski definition) is 1. The Balaban J connectivity index is 2.02. The number of nitriles is 1. The lowest BCUT2D eigenvalue weighted by Crippen LogP contribution is -2.03. The van der Waals surface area contributed by atoms with Crippen molar-refractivity contribution < 1.29 is 4.74 Å². The number of rotatable bonds is 5. The second-order valence-electron chi connectivity index (χ2n) is 3.81. The average molecular weight is 242 g/mol. The maximum atomic E-state index is 8.53. The van der Waals surface area contributed by atoms with E-state index in [0.717, 1.165) is 17.0 Å². The van der Waals surface area contributed by atoms with Gasteiger partial charge in [0.05, 0.1) is 11.9 Å². The first-order valence-electron chi connectivity index (χ1n) is 5.60. The molecule has 5 heteroatoms. The highest BCUT2D eigenvalue weighted by Crippen LogP contribution is 2.19. The minimum atomic E-state index is 0.0594. The Bertz CT molecular complexity index is 556. The number of nitrogens with one attached hydrogen (secondary N) is 1. The molecule has 0 aliphatic rings. The number of nitrogens with zero attached hydrogens (tertiary/aromatic N) is 3. The molecule has 1 aromatic heterocycles. The SMILES string of the molecule is Cn1cc(NCc2ccccc2OCC#N)cn1. The predicted octanol–water partition coefficient (Wildman–Crippen LogP) is 1.93. The van der Waals surface area contributed by atoms with Crippen LogP contribution in [0.1, 0.15) is 5.56 Å². The van der Waals surface area contributed by atoms with E-state index < -0.39 is 0 Å². The van der Waals surface area contributed by atoms with E-state index in [1.807, 2.05) is 43.6 Å². The summed E-state index contributed by atoms with van der Waals surface area (Å²) in [6.45, 7) is 0.692. The molecule has 0 radical (unpaired) electrons. The van der Waals surface area contributed by atoms with Crippen molar-refractivity contribution in [3.05, 3.63) is 42.2 Å². The van der Waals surface area contributed by atoms with Crippen LogP contribution in [-0.4, -0.2) is 16.4 Å². The van der Waals surface area contributed by atoms with Crippen molar-refractivity contribution in [2.45, 2.75) is 6.54 Å². The van der Waals surface area contributed by atoms with Crippen LogP contribution in [0.3, 0.4) is 0 Å². The zero-order chi connectivity index (χ0) is 12.8. The van der Waals surface area contributed by atoms with Crippen molar-refractivity contribution in [3.8, 4) is 11.8 Å². The van der Waals surface area contributed by atoms with Gasteiger partial charge in [-0.3, -0.25) is 4.68 Å². The van der Waals surface area contributed by atoms with Crippen LogP contribution in [0.5, 0.6) is 5.75 Å². The van der Waals surface area contributed by atoms with Crippen LogP contribution in [0, 0.1) is 11.3 Å². The monoisotopic (exact) mass is 242 g/mol. The highest BCUT2D eigenvalue weighted by atomic mass is 16.5. The summed E-state index contributed by atoms with van der Waals surface area (Å²) in [4.78, 5) is 0. The second kappa shape index (κ2) is 5.73. The summed E-state index contributed by atoms with van der Waals surface area (Å²) in [6, 6.07) is 9.62. The number of aryl methyl sites for hydroxylation is 1. The fourth-order valence-corrected chi connectivity index (χ4v) is 1.61. The number of hydrogen-bond acceptors (Lipinski definition) is 4. The molecule has 0 saturated heterocycles. The summed E-state index contributed by atoms with van der Waals surface area (Å²) < 4.78 is 7.09. The van der Waals surface area contributed by atoms with E-state index in [1.165, 1.54) is 0 Å². The molecule has 1 heterocycles. The Morgan fingerprint density at radius 1 is 1.44 bits per heavy atom. The van der Waals surface area contributed by atoms with Crippen LogP contribution < -0.4 is 10.1 Å². The molecule has 2 rings (SSSR count). The van der Waals surface area contributed by atoms with E-state index in [0.29, 0.717) is 6.54 Å². The van der Waals surface area contributed by atoms with Crippen molar-refractivity contribution in [1.29, 1.82) is 5.26 Å². The first kappa shape index (κ1) is 12.0. The van der Waals surface area contributed by atoms with Crippen molar-refractivity contribution in [2.24, 2.45) is 7.05 Å². The second-order valence-corrected chi connectivity index (χ2v) is 3.81. The van der Waals surface area contributed by atoms with Crippen LogP contribution in [0.25, 0.3) is 0 Å².